The van der Waals surface area contributed by atoms with E-state index in [1.807, 2.05) is 0 Å². The monoisotopic (exact) mass is 290 g/mol. The summed E-state index contributed by atoms with van der Waals surface area (Å²) < 4.78 is 18.4. The van der Waals surface area contributed by atoms with Crippen LogP contribution < -0.4 is 15.4 Å². The van der Waals surface area contributed by atoms with Crippen LogP contribution in [0.2, 0.25) is 0 Å². The summed E-state index contributed by atoms with van der Waals surface area (Å²) in [7, 11) is 1.39. The fourth-order valence-electron chi connectivity index (χ4n) is 2.33. The number of anilines is 1. The number of nitrogens with zero attached hydrogens (tertiary/aromatic N) is 1. The number of aromatic nitrogens is 2. The van der Waals surface area contributed by atoms with Crippen molar-refractivity contribution in [2.45, 2.75) is 19.0 Å². The predicted octanol–water partition coefficient (Wildman–Crippen LogP) is 1.21. The number of ether oxygens (including phenoxy) is 1. The van der Waals surface area contributed by atoms with E-state index in [-0.39, 0.29) is 17.7 Å². The molecule has 3 rings (SSSR count). The van der Waals surface area contributed by atoms with Crippen molar-refractivity contribution in [3.63, 3.8) is 0 Å². The standard InChI is InChI=1S/C14H15FN4O2/c1-21-13-3-2-8(4-9(13)15)19-14(20)11-5-10-12(6-16-11)18-7-17-10/h2-4,7,11,16H,5-6H2,1H3,(H,17,18)(H,19,20). The number of benzene rings is 1. The molecule has 1 aromatic heterocycles. The Bertz CT molecular complexity index is 671. The maximum atomic E-state index is 13.6. The SMILES string of the molecule is COc1ccc(NC(=O)C2Cc3nc[nH]c3CN2)cc1F. The third-order valence-corrected chi connectivity index (χ3v) is 3.47. The predicted molar refractivity (Wildman–Crippen MR) is 74.5 cm³/mol. The van der Waals surface area contributed by atoms with Crippen molar-refractivity contribution in [3.8, 4) is 5.75 Å². The van der Waals surface area contributed by atoms with E-state index < -0.39 is 5.82 Å². The molecule has 21 heavy (non-hydrogen) atoms. The summed E-state index contributed by atoms with van der Waals surface area (Å²) >= 11 is 0. The summed E-state index contributed by atoms with van der Waals surface area (Å²) in [4.78, 5) is 19.4. The summed E-state index contributed by atoms with van der Waals surface area (Å²) in [6.45, 7) is 0.560. The normalized spacial score (nSPS) is 17.1. The molecule has 6 nitrogen and oxygen atoms in total. The summed E-state index contributed by atoms with van der Waals surface area (Å²) in [5.41, 5.74) is 2.28. The minimum atomic E-state index is -0.513. The molecule has 0 saturated carbocycles. The molecule has 0 saturated heterocycles. The van der Waals surface area contributed by atoms with E-state index in [0.29, 0.717) is 18.7 Å². The molecule has 1 aliphatic heterocycles. The fourth-order valence-corrected chi connectivity index (χ4v) is 2.33. The summed E-state index contributed by atoms with van der Waals surface area (Å²) in [5.74, 6) is -0.584. The zero-order chi connectivity index (χ0) is 14.8. The van der Waals surface area contributed by atoms with Crippen LogP contribution >= 0.6 is 0 Å². The van der Waals surface area contributed by atoms with Gasteiger partial charge < -0.3 is 15.0 Å². The first-order chi connectivity index (χ1) is 10.2. The van der Waals surface area contributed by atoms with Crippen molar-refractivity contribution in [1.29, 1.82) is 0 Å². The number of methoxy groups -OCH3 is 1. The second-order valence-corrected chi connectivity index (χ2v) is 4.80. The second kappa shape index (κ2) is 5.53. The molecule has 2 aromatic rings. The number of carbonyl (C=O) groups excluding carboxylic acids is 1. The quantitative estimate of drug-likeness (QED) is 0.794. The molecule has 1 aliphatic rings. The van der Waals surface area contributed by atoms with Gasteiger partial charge in [-0.25, -0.2) is 9.37 Å². The van der Waals surface area contributed by atoms with Gasteiger partial charge in [0.05, 0.1) is 30.9 Å². The molecule has 1 atom stereocenters. The van der Waals surface area contributed by atoms with E-state index in [9.17, 15) is 9.18 Å². The number of nitrogens with one attached hydrogen (secondary N) is 3. The fraction of sp³-hybridized carbons (Fsp3) is 0.286. The van der Waals surface area contributed by atoms with Crippen molar-refractivity contribution < 1.29 is 13.9 Å². The Morgan fingerprint density at radius 1 is 1.52 bits per heavy atom. The lowest BCUT2D eigenvalue weighted by Crippen LogP contribution is -2.44. The number of halogens is 1. The lowest BCUT2D eigenvalue weighted by Gasteiger charge is -2.22. The zero-order valence-electron chi connectivity index (χ0n) is 11.4. The number of hydrogen-bond donors (Lipinski definition) is 3. The highest BCUT2D eigenvalue weighted by Crippen LogP contribution is 2.21. The molecule has 0 bridgehead atoms. The number of fused-ring (bicyclic) bond motifs is 1. The molecule has 7 heteroatoms. The Hall–Kier alpha value is -2.41. The van der Waals surface area contributed by atoms with Gasteiger partial charge in [-0.2, -0.15) is 0 Å². The second-order valence-electron chi connectivity index (χ2n) is 4.80. The molecule has 3 N–H and O–H groups in total. The van der Waals surface area contributed by atoms with Crippen LogP contribution in [0, 0.1) is 5.82 Å². The van der Waals surface area contributed by atoms with Gasteiger partial charge in [-0.15, -0.1) is 0 Å². The van der Waals surface area contributed by atoms with Crippen molar-refractivity contribution in [3.05, 3.63) is 41.7 Å². The van der Waals surface area contributed by atoms with Gasteiger partial charge in [0.15, 0.2) is 11.6 Å². The first kappa shape index (κ1) is 13.6. The first-order valence-electron chi connectivity index (χ1n) is 6.56. The molecule has 1 aromatic carbocycles. The smallest absolute Gasteiger partial charge is 0.241 e. The Balaban J connectivity index is 1.68. The number of hydrogen-bond acceptors (Lipinski definition) is 4. The van der Waals surface area contributed by atoms with E-state index in [4.69, 9.17) is 4.74 Å². The van der Waals surface area contributed by atoms with E-state index in [1.165, 1.54) is 19.2 Å². The van der Waals surface area contributed by atoms with Gasteiger partial charge in [0.1, 0.15) is 0 Å². The lowest BCUT2D eigenvalue weighted by molar-refractivity contribution is -0.118. The topological polar surface area (TPSA) is 79.0 Å². The lowest BCUT2D eigenvalue weighted by atomic mass is 10.0. The average molecular weight is 290 g/mol. The molecular weight excluding hydrogens is 275 g/mol. The minimum Gasteiger partial charge on any atom is -0.494 e. The Morgan fingerprint density at radius 2 is 2.38 bits per heavy atom. The third-order valence-electron chi connectivity index (χ3n) is 3.47. The van der Waals surface area contributed by atoms with E-state index >= 15 is 0 Å². The van der Waals surface area contributed by atoms with E-state index in [1.54, 1.807) is 12.4 Å². The molecule has 0 spiro atoms. The van der Waals surface area contributed by atoms with Gasteiger partial charge in [0.25, 0.3) is 0 Å². The van der Waals surface area contributed by atoms with E-state index in [2.05, 4.69) is 20.6 Å². The zero-order valence-corrected chi connectivity index (χ0v) is 11.4. The summed E-state index contributed by atoms with van der Waals surface area (Å²) in [6.07, 6.45) is 2.12. The van der Waals surface area contributed by atoms with Crippen LogP contribution in [0.15, 0.2) is 24.5 Å². The van der Waals surface area contributed by atoms with Crippen LogP contribution in [-0.4, -0.2) is 29.0 Å². The maximum absolute atomic E-state index is 13.6. The number of H-pyrrole nitrogens is 1. The van der Waals surface area contributed by atoms with Gasteiger partial charge in [-0.05, 0) is 12.1 Å². The molecular formula is C14H15FN4O2. The van der Waals surface area contributed by atoms with Crippen molar-refractivity contribution >= 4 is 11.6 Å². The Morgan fingerprint density at radius 3 is 3.14 bits per heavy atom. The highest BCUT2D eigenvalue weighted by Gasteiger charge is 2.25. The van der Waals surface area contributed by atoms with Gasteiger partial charge >= 0.3 is 0 Å². The third kappa shape index (κ3) is 2.73. The summed E-state index contributed by atoms with van der Waals surface area (Å²) in [5, 5.41) is 5.81. The number of aromatic amines is 1. The summed E-state index contributed by atoms with van der Waals surface area (Å²) in [6, 6.07) is 3.93. The van der Waals surface area contributed by atoms with Crippen LogP contribution in [0.5, 0.6) is 5.75 Å². The minimum absolute atomic E-state index is 0.143. The highest BCUT2D eigenvalue weighted by atomic mass is 19.1. The van der Waals surface area contributed by atoms with Crippen LogP contribution in [0.4, 0.5) is 10.1 Å². The van der Waals surface area contributed by atoms with Crippen LogP contribution in [0.3, 0.4) is 0 Å². The van der Waals surface area contributed by atoms with Gasteiger partial charge in [-0.1, -0.05) is 0 Å². The van der Waals surface area contributed by atoms with Crippen LogP contribution in [-0.2, 0) is 17.8 Å². The molecule has 1 unspecified atom stereocenters. The van der Waals surface area contributed by atoms with Crippen LogP contribution in [0.25, 0.3) is 0 Å². The number of rotatable bonds is 3. The van der Waals surface area contributed by atoms with Gasteiger partial charge in [0, 0.05) is 24.7 Å². The molecule has 1 amide bonds. The Labute approximate surface area is 120 Å². The maximum Gasteiger partial charge on any atom is 0.241 e. The highest BCUT2D eigenvalue weighted by molar-refractivity contribution is 5.95. The van der Waals surface area contributed by atoms with Crippen molar-refractivity contribution in [2.75, 3.05) is 12.4 Å². The van der Waals surface area contributed by atoms with Crippen molar-refractivity contribution in [1.82, 2.24) is 15.3 Å². The van der Waals surface area contributed by atoms with E-state index in [0.717, 1.165) is 11.4 Å². The van der Waals surface area contributed by atoms with Crippen LogP contribution in [0.1, 0.15) is 11.4 Å². The molecule has 0 fully saturated rings. The van der Waals surface area contributed by atoms with Crippen molar-refractivity contribution in [2.24, 2.45) is 0 Å². The Kier molecular flexibility index (Phi) is 3.57. The van der Waals surface area contributed by atoms with Gasteiger partial charge in [0.2, 0.25) is 5.91 Å². The first-order valence-corrected chi connectivity index (χ1v) is 6.56. The molecule has 0 aliphatic carbocycles. The number of amides is 1. The molecule has 2 heterocycles. The average Bonchev–Trinajstić information content (AvgIpc) is 2.94. The largest absolute Gasteiger partial charge is 0.494 e. The van der Waals surface area contributed by atoms with Gasteiger partial charge in [-0.3, -0.25) is 10.1 Å². The molecule has 110 valence electrons. The molecule has 0 radical (unpaired) electrons. The number of imidazole rings is 1. The number of carbonyl (C=O) groups is 1.